The van der Waals surface area contributed by atoms with Crippen LogP contribution < -0.4 is 10.5 Å². The van der Waals surface area contributed by atoms with Crippen molar-refractivity contribution in [2.24, 2.45) is 0 Å². The lowest BCUT2D eigenvalue weighted by Gasteiger charge is -2.07. The van der Waals surface area contributed by atoms with Crippen LogP contribution in [0.4, 0.5) is 5.69 Å². The van der Waals surface area contributed by atoms with E-state index in [1.165, 1.54) is 96.3 Å². The highest BCUT2D eigenvalue weighted by Crippen LogP contribution is 2.16. The van der Waals surface area contributed by atoms with Gasteiger partial charge in [-0.15, -0.1) is 0 Å². The normalized spacial score (nSPS) is 11.2. The van der Waals surface area contributed by atoms with Gasteiger partial charge in [0, 0.05) is 11.3 Å². The van der Waals surface area contributed by atoms with Gasteiger partial charge in [-0.3, -0.25) is 4.79 Å². The number of nitrogen functional groups attached to an aromatic ring is 1. The summed E-state index contributed by atoms with van der Waals surface area (Å²) >= 11 is 0. The molecule has 2 N–H and O–H groups in total. The molecular formula is C33H49NO2. The lowest BCUT2D eigenvalue weighted by Crippen LogP contribution is -1.97. The number of hydrogen-bond donors (Lipinski definition) is 1. The highest BCUT2D eigenvalue weighted by Gasteiger charge is 2.02. The number of carbonyl (C=O) groups is 1. The second kappa shape index (κ2) is 19.6. The largest absolute Gasteiger partial charge is 0.494 e. The second-order valence-corrected chi connectivity index (χ2v) is 10.0. The molecule has 0 spiro atoms. The van der Waals surface area contributed by atoms with Crippen molar-refractivity contribution in [3.63, 3.8) is 0 Å². The van der Waals surface area contributed by atoms with Crippen LogP contribution in [0.2, 0.25) is 0 Å². The van der Waals surface area contributed by atoms with Crippen molar-refractivity contribution >= 4 is 17.5 Å². The fourth-order valence-electron chi connectivity index (χ4n) is 4.48. The average molecular weight is 492 g/mol. The third-order valence-corrected chi connectivity index (χ3v) is 6.75. The van der Waals surface area contributed by atoms with Gasteiger partial charge in [0.2, 0.25) is 0 Å². The van der Waals surface area contributed by atoms with Crippen molar-refractivity contribution in [2.45, 2.75) is 110 Å². The van der Waals surface area contributed by atoms with Crippen molar-refractivity contribution in [3.8, 4) is 5.75 Å². The standard InChI is InChI=1S/C33H49NO2/c1-2-3-4-5-6-7-8-9-10-11-12-13-14-15-16-17-27-36-32-24-21-29(22-25-32)23-26-33(35)30-19-18-20-31(34)28-30/h18-26,28H,2-17,27,34H2,1H3. The molecule has 0 aliphatic rings. The van der Waals surface area contributed by atoms with Crippen LogP contribution in [-0.2, 0) is 0 Å². The minimum absolute atomic E-state index is 0.0499. The molecule has 2 aromatic carbocycles. The molecule has 3 nitrogen and oxygen atoms in total. The second-order valence-electron chi connectivity index (χ2n) is 10.0. The van der Waals surface area contributed by atoms with Crippen LogP contribution in [0.3, 0.4) is 0 Å². The molecule has 0 radical (unpaired) electrons. The third-order valence-electron chi connectivity index (χ3n) is 6.75. The maximum atomic E-state index is 12.3. The van der Waals surface area contributed by atoms with Crippen LogP contribution in [-0.4, -0.2) is 12.4 Å². The Kier molecular flexibility index (Phi) is 16.2. The molecule has 0 heterocycles. The van der Waals surface area contributed by atoms with Gasteiger partial charge in [-0.1, -0.05) is 134 Å². The summed E-state index contributed by atoms with van der Waals surface area (Å²) in [7, 11) is 0. The molecule has 3 heteroatoms. The van der Waals surface area contributed by atoms with Gasteiger partial charge in [0.25, 0.3) is 0 Å². The summed E-state index contributed by atoms with van der Waals surface area (Å²) in [6.45, 7) is 3.05. The quantitative estimate of drug-likeness (QED) is 0.0818. The lowest BCUT2D eigenvalue weighted by atomic mass is 10.0. The SMILES string of the molecule is CCCCCCCCCCCCCCCCCCOc1ccc(C=CC(=O)c2cccc(N)c2)cc1. The van der Waals surface area contributed by atoms with Gasteiger partial charge >= 0.3 is 0 Å². The molecule has 0 aliphatic heterocycles. The van der Waals surface area contributed by atoms with Crippen LogP contribution in [0, 0.1) is 0 Å². The first-order chi connectivity index (χ1) is 17.7. The van der Waals surface area contributed by atoms with Crippen molar-refractivity contribution in [1.29, 1.82) is 0 Å². The fourth-order valence-corrected chi connectivity index (χ4v) is 4.48. The highest BCUT2D eigenvalue weighted by molar-refractivity contribution is 6.07. The summed E-state index contributed by atoms with van der Waals surface area (Å²) in [5, 5.41) is 0. The van der Waals surface area contributed by atoms with E-state index in [4.69, 9.17) is 10.5 Å². The molecule has 0 amide bonds. The van der Waals surface area contributed by atoms with Crippen molar-refractivity contribution in [2.75, 3.05) is 12.3 Å². The first kappa shape index (κ1) is 29.7. The molecule has 0 atom stereocenters. The molecule has 0 aromatic heterocycles. The summed E-state index contributed by atoms with van der Waals surface area (Å²) in [6, 6.07) is 14.9. The number of unbranched alkanes of at least 4 members (excludes halogenated alkanes) is 15. The Morgan fingerprint density at radius 2 is 1.25 bits per heavy atom. The maximum absolute atomic E-state index is 12.3. The van der Waals surface area contributed by atoms with Gasteiger partial charge in [0.1, 0.15) is 5.75 Å². The van der Waals surface area contributed by atoms with E-state index in [1.807, 2.05) is 30.3 Å². The molecule has 2 aromatic rings. The summed E-state index contributed by atoms with van der Waals surface area (Å²) in [4.78, 5) is 12.3. The van der Waals surface area contributed by atoms with Crippen molar-refractivity contribution in [1.82, 2.24) is 0 Å². The Hall–Kier alpha value is -2.55. The van der Waals surface area contributed by atoms with Crippen LogP contribution in [0.25, 0.3) is 6.08 Å². The van der Waals surface area contributed by atoms with E-state index in [2.05, 4.69) is 6.92 Å². The predicted molar refractivity (Wildman–Crippen MR) is 156 cm³/mol. The fraction of sp³-hybridized carbons (Fsp3) is 0.545. The summed E-state index contributed by atoms with van der Waals surface area (Å²) in [5.41, 5.74) is 7.92. The molecule has 36 heavy (non-hydrogen) atoms. The smallest absolute Gasteiger partial charge is 0.185 e. The van der Waals surface area contributed by atoms with Crippen LogP contribution in [0.15, 0.2) is 54.6 Å². The van der Waals surface area contributed by atoms with E-state index >= 15 is 0 Å². The number of ether oxygens (including phenoxy) is 1. The topological polar surface area (TPSA) is 52.3 Å². The number of anilines is 1. The summed E-state index contributed by atoms with van der Waals surface area (Å²) in [5.74, 6) is 0.835. The Balaban J connectivity index is 1.42. The minimum atomic E-state index is -0.0499. The van der Waals surface area contributed by atoms with Crippen molar-refractivity contribution in [3.05, 3.63) is 65.7 Å². The van der Waals surface area contributed by atoms with Gasteiger partial charge < -0.3 is 10.5 Å². The van der Waals surface area contributed by atoms with Crippen LogP contribution in [0.1, 0.15) is 126 Å². The Morgan fingerprint density at radius 1 is 0.722 bits per heavy atom. The van der Waals surface area contributed by atoms with Crippen LogP contribution in [0.5, 0.6) is 5.75 Å². The first-order valence-corrected chi connectivity index (χ1v) is 14.5. The van der Waals surface area contributed by atoms with Gasteiger partial charge in [0.05, 0.1) is 6.61 Å². The third kappa shape index (κ3) is 14.1. The highest BCUT2D eigenvalue weighted by atomic mass is 16.5. The Morgan fingerprint density at radius 3 is 1.78 bits per heavy atom. The molecule has 0 aliphatic carbocycles. The molecular weight excluding hydrogens is 442 g/mol. The number of ketones is 1. The van der Waals surface area contributed by atoms with Gasteiger partial charge in [0.15, 0.2) is 5.78 Å². The number of nitrogens with two attached hydrogens (primary N) is 1. The van der Waals surface area contributed by atoms with Crippen LogP contribution >= 0.6 is 0 Å². The van der Waals surface area contributed by atoms with E-state index < -0.39 is 0 Å². The average Bonchev–Trinajstić information content (AvgIpc) is 2.89. The zero-order chi connectivity index (χ0) is 25.7. The molecule has 0 saturated carbocycles. The van der Waals surface area contributed by atoms with E-state index in [-0.39, 0.29) is 5.78 Å². The number of rotatable bonds is 21. The molecule has 0 fully saturated rings. The minimum Gasteiger partial charge on any atom is -0.494 e. The van der Waals surface area contributed by atoms with Gasteiger partial charge in [-0.05, 0) is 42.3 Å². The van der Waals surface area contributed by atoms with Crippen molar-refractivity contribution < 1.29 is 9.53 Å². The van der Waals surface area contributed by atoms with E-state index in [9.17, 15) is 4.79 Å². The molecule has 0 saturated heterocycles. The lowest BCUT2D eigenvalue weighted by molar-refractivity contribution is 0.104. The maximum Gasteiger partial charge on any atom is 0.185 e. The Labute approximate surface area is 220 Å². The predicted octanol–water partition coefficient (Wildman–Crippen LogP) is 9.81. The summed E-state index contributed by atoms with van der Waals surface area (Å²) in [6.07, 6.45) is 25.4. The monoisotopic (exact) mass is 491 g/mol. The molecule has 0 unspecified atom stereocenters. The molecule has 2 rings (SSSR count). The van der Waals surface area contributed by atoms with E-state index in [0.29, 0.717) is 11.3 Å². The molecule has 0 bridgehead atoms. The van der Waals surface area contributed by atoms with E-state index in [0.717, 1.165) is 24.3 Å². The number of carbonyl (C=O) groups excluding carboxylic acids is 1. The van der Waals surface area contributed by atoms with E-state index in [1.54, 1.807) is 30.3 Å². The molecule has 198 valence electrons. The van der Waals surface area contributed by atoms with Gasteiger partial charge in [-0.25, -0.2) is 0 Å². The Bertz CT molecular complexity index is 856. The summed E-state index contributed by atoms with van der Waals surface area (Å²) < 4.78 is 5.88. The van der Waals surface area contributed by atoms with Gasteiger partial charge in [-0.2, -0.15) is 0 Å². The zero-order valence-corrected chi connectivity index (χ0v) is 22.7. The zero-order valence-electron chi connectivity index (χ0n) is 22.7. The first-order valence-electron chi connectivity index (χ1n) is 14.5. The number of allylic oxidation sites excluding steroid dienone is 1. The number of benzene rings is 2. The number of hydrogen-bond acceptors (Lipinski definition) is 3.